The van der Waals surface area contributed by atoms with Crippen LogP contribution >= 0.6 is 11.3 Å². The maximum atomic E-state index is 10.7. The molecular weight excluding hydrogens is 306 g/mol. The third kappa shape index (κ3) is 2.19. The molecule has 0 aliphatic rings. The van der Waals surface area contributed by atoms with Gasteiger partial charge in [-0.2, -0.15) is 5.10 Å². The first-order chi connectivity index (χ1) is 11.1. The summed E-state index contributed by atoms with van der Waals surface area (Å²) in [7, 11) is 0. The minimum Gasteiger partial charge on any atom is -0.385 e. The van der Waals surface area contributed by atoms with Crippen LogP contribution in [0.15, 0.2) is 35.7 Å². The van der Waals surface area contributed by atoms with Gasteiger partial charge in [-0.1, -0.05) is 26.0 Å². The van der Waals surface area contributed by atoms with E-state index >= 15 is 0 Å². The monoisotopic (exact) mass is 325 g/mol. The normalized spacial score (nSPS) is 12.5. The molecule has 118 valence electrons. The molecule has 5 heteroatoms. The number of nitrogens with one attached hydrogen (secondary N) is 2. The average Bonchev–Trinajstić information content (AvgIpc) is 3.27. The second-order valence-corrected chi connectivity index (χ2v) is 6.88. The number of aromatic amines is 2. The summed E-state index contributed by atoms with van der Waals surface area (Å²) in [5, 5.41) is 21.4. The summed E-state index contributed by atoms with van der Waals surface area (Å²) in [4.78, 5) is 3.45. The molecule has 0 aliphatic heterocycles. The number of fused-ring (bicyclic) bond motifs is 2. The standard InChI is InChI=1S/C18H19N3OS/c1-3-18(22,4-2)12-6-5-11-9-15(19-14(11)10-12)16-17-13(20-21-16)7-8-23-17/h5-10,19,22H,3-4H2,1-2H3,(H,20,21). The zero-order chi connectivity index (χ0) is 16.0. The smallest absolute Gasteiger partial charge is 0.126 e. The van der Waals surface area contributed by atoms with Crippen molar-refractivity contribution in [2.45, 2.75) is 32.3 Å². The fraction of sp³-hybridized carbons (Fsp3) is 0.278. The third-order valence-electron chi connectivity index (χ3n) is 4.75. The molecule has 23 heavy (non-hydrogen) atoms. The summed E-state index contributed by atoms with van der Waals surface area (Å²) in [6, 6.07) is 10.3. The fourth-order valence-electron chi connectivity index (χ4n) is 3.13. The van der Waals surface area contributed by atoms with Crippen LogP contribution in [0.3, 0.4) is 0 Å². The van der Waals surface area contributed by atoms with Gasteiger partial charge in [-0.25, -0.2) is 0 Å². The van der Waals surface area contributed by atoms with Crippen molar-refractivity contribution >= 4 is 32.5 Å². The van der Waals surface area contributed by atoms with Crippen molar-refractivity contribution in [1.82, 2.24) is 15.2 Å². The van der Waals surface area contributed by atoms with Crippen LogP contribution in [0.1, 0.15) is 32.3 Å². The highest BCUT2D eigenvalue weighted by Crippen LogP contribution is 2.34. The van der Waals surface area contributed by atoms with E-state index in [2.05, 4.69) is 38.8 Å². The van der Waals surface area contributed by atoms with E-state index in [0.717, 1.165) is 38.1 Å². The van der Waals surface area contributed by atoms with Crippen molar-refractivity contribution in [3.05, 3.63) is 41.3 Å². The van der Waals surface area contributed by atoms with Crippen LogP contribution in [0, 0.1) is 0 Å². The molecule has 3 aromatic heterocycles. The molecule has 0 aliphatic carbocycles. The van der Waals surface area contributed by atoms with Gasteiger partial charge in [0.25, 0.3) is 0 Å². The van der Waals surface area contributed by atoms with Gasteiger partial charge in [-0.15, -0.1) is 11.3 Å². The summed E-state index contributed by atoms with van der Waals surface area (Å²) in [6.45, 7) is 4.04. The Balaban J connectivity index is 1.84. The summed E-state index contributed by atoms with van der Waals surface area (Å²) < 4.78 is 1.16. The lowest BCUT2D eigenvalue weighted by Gasteiger charge is -2.25. The first-order valence-corrected chi connectivity index (χ1v) is 8.80. The molecule has 0 atom stereocenters. The Hall–Kier alpha value is -2.11. The van der Waals surface area contributed by atoms with E-state index in [1.807, 2.05) is 26.0 Å². The van der Waals surface area contributed by atoms with Crippen LogP contribution in [0.5, 0.6) is 0 Å². The van der Waals surface area contributed by atoms with Gasteiger partial charge in [0.05, 0.1) is 21.5 Å². The molecule has 3 N–H and O–H groups in total. The molecule has 4 aromatic rings. The molecular formula is C18H19N3OS. The van der Waals surface area contributed by atoms with Crippen LogP contribution < -0.4 is 0 Å². The number of hydrogen-bond acceptors (Lipinski definition) is 3. The molecule has 3 heterocycles. The Morgan fingerprint density at radius 2 is 1.96 bits per heavy atom. The molecule has 1 aromatic carbocycles. The molecule has 4 nitrogen and oxygen atoms in total. The topological polar surface area (TPSA) is 64.7 Å². The number of nitrogens with zero attached hydrogens (tertiary/aromatic N) is 1. The van der Waals surface area contributed by atoms with Crippen LogP contribution in [0.4, 0.5) is 0 Å². The van der Waals surface area contributed by atoms with Crippen molar-refractivity contribution in [2.75, 3.05) is 0 Å². The largest absolute Gasteiger partial charge is 0.385 e. The van der Waals surface area contributed by atoms with Gasteiger partial charge in [0.2, 0.25) is 0 Å². The van der Waals surface area contributed by atoms with Gasteiger partial charge < -0.3 is 10.1 Å². The predicted octanol–water partition coefficient (Wildman–Crippen LogP) is 4.78. The number of aliphatic hydroxyl groups is 1. The highest BCUT2D eigenvalue weighted by Gasteiger charge is 2.25. The molecule has 0 unspecified atom stereocenters. The molecule has 0 fully saturated rings. The van der Waals surface area contributed by atoms with Gasteiger partial charge in [0.1, 0.15) is 5.69 Å². The molecule has 0 saturated heterocycles. The first-order valence-electron chi connectivity index (χ1n) is 7.92. The maximum absolute atomic E-state index is 10.7. The average molecular weight is 325 g/mol. The molecule has 0 amide bonds. The minimum atomic E-state index is -0.757. The van der Waals surface area contributed by atoms with Crippen LogP contribution in [0.2, 0.25) is 0 Å². The van der Waals surface area contributed by atoms with Crippen LogP contribution in [-0.4, -0.2) is 20.3 Å². The lowest BCUT2D eigenvalue weighted by Crippen LogP contribution is -2.23. The fourth-order valence-corrected chi connectivity index (χ4v) is 3.98. The maximum Gasteiger partial charge on any atom is 0.126 e. The van der Waals surface area contributed by atoms with E-state index < -0.39 is 5.60 Å². The SMILES string of the molecule is CCC(O)(CC)c1ccc2cc(-c3n[nH]c4ccsc34)[nH]c2c1. The zero-order valence-electron chi connectivity index (χ0n) is 13.2. The molecule has 0 spiro atoms. The van der Waals surface area contributed by atoms with Gasteiger partial charge in [0.15, 0.2) is 0 Å². The van der Waals surface area contributed by atoms with E-state index in [1.165, 1.54) is 0 Å². The van der Waals surface area contributed by atoms with Crippen molar-refractivity contribution < 1.29 is 5.11 Å². The predicted molar refractivity (Wildman–Crippen MR) is 95.7 cm³/mol. The molecule has 0 saturated carbocycles. The van der Waals surface area contributed by atoms with Crippen LogP contribution in [-0.2, 0) is 5.60 Å². The van der Waals surface area contributed by atoms with Gasteiger partial charge in [0, 0.05) is 10.9 Å². The number of rotatable bonds is 4. The first kappa shape index (κ1) is 14.5. The van der Waals surface area contributed by atoms with E-state index in [1.54, 1.807) is 11.3 Å². The van der Waals surface area contributed by atoms with E-state index in [-0.39, 0.29) is 0 Å². The number of aromatic nitrogens is 3. The van der Waals surface area contributed by atoms with Crippen molar-refractivity contribution in [2.24, 2.45) is 0 Å². The molecule has 0 bridgehead atoms. The lowest BCUT2D eigenvalue weighted by atomic mass is 9.88. The Bertz CT molecular complexity index is 975. The number of H-pyrrole nitrogens is 2. The summed E-state index contributed by atoms with van der Waals surface area (Å²) in [5.41, 5.74) is 4.26. The Kier molecular flexibility index (Phi) is 3.28. The quantitative estimate of drug-likeness (QED) is 0.505. The van der Waals surface area contributed by atoms with Gasteiger partial charge in [-0.3, -0.25) is 5.10 Å². The Morgan fingerprint density at radius 3 is 2.74 bits per heavy atom. The van der Waals surface area contributed by atoms with Gasteiger partial charge in [-0.05, 0) is 42.0 Å². The van der Waals surface area contributed by atoms with Crippen LogP contribution in [0.25, 0.3) is 32.5 Å². The summed E-state index contributed by atoms with van der Waals surface area (Å²) in [6.07, 6.45) is 1.41. The van der Waals surface area contributed by atoms with Crippen molar-refractivity contribution in [3.63, 3.8) is 0 Å². The Morgan fingerprint density at radius 1 is 1.13 bits per heavy atom. The lowest BCUT2D eigenvalue weighted by molar-refractivity contribution is 0.0285. The second kappa shape index (κ2) is 5.22. The number of benzene rings is 1. The summed E-state index contributed by atoms with van der Waals surface area (Å²) >= 11 is 1.69. The highest BCUT2D eigenvalue weighted by atomic mass is 32.1. The highest BCUT2D eigenvalue weighted by molar-refractivity contribution is 7.17. The number of thiophene rings is 1. The third-order valence-corrected chi connectivity index (χ3v) is 5.67. The second-order valence-electron chi connectivity index (χ2n) is 5.96. The zero-order valence-corrected chi connectivity index (χ0v) is 14.0. The van der Waals surface area contributed by atoms with Crippen molar-refractivity contribution in [1.29, 1.82) is 0 Å². The molecule has 4 rings (SSSR count). The van der Waals surface area contributed by atoms with E-state index in [9.17, 15) is 5.11 Å². The minimum absolute atomic E-state index is 0.706. The number of hydrogen-bond donors (Lipinski definition) is 3. The van der Waals surface area contributed by atoms with Gasteiger partial charge >= 0.3 is 0 Å². The molecule has 0 radical (unpaired) electrons. The van der Waals surface area contributed by atoms with E-state index in [0.29, 0.717) is 12.8 Å². The Labute approximate surface area is 138 Å². The van der Waals surface area contributed by atoms with E-state index in [4.69, 9.17) is 0 Å². The summed E-state index contributed by atoms with van der Waals surface area (Å²) in [5.74, 6) is 0. The van der Waals surface area contributed by atoms with Crippen molar-refractivity contribution in [3.8, 4) is 11.4 Å².